The molecule has 0 aromatic carbocycles. The fourth-order valence-electron chi connectivity index (χ4n) is 2.87. The Morgan fingerprint density at radius 3 is 2.53 bits per heavy atom. The summed E-state index contributed by atoms with van der Waals surface area (Å²) in [5, 5.41) is 3.50. The van der Waals surface area contributed by atoms with Gasteiger partial charge in [0, 0.05) is 25.2 Å². The van der Waals surface area contributed by atoms with Crippen LogP contribution in [0.2, 0.25) is 0 Å². The van der Waals surface area contributed by atoms with Crippen molar-refractivity contribution in [3.63, 3.8) is 0 Å². The van der Waals surface area contributed by atoms with Gasteiger partial charge in [-0.2, -0.15) is 0 Å². The summed E-state index contributed by atoms with van der Waals surface area (Å²) in [5.41, 5.74) is 0. The SMILES string of the molecule is CCCC(CNCC)N1CC(C)CC1C. The summed E-state index contributed by atoms with van der Waals surface area (Å²) in [6, 6.07) is 1.55. The Balaban J connectivity index is 2.46. The van der Waals surface area contributed by atoms with Crippen LogP contribution in [-0.2, 0) is 0 Å². The van der Waals surface area contributed by atoms with Crippen LogP contribution in [0.3, 0.4) is 0 Å². The number of hydrogen-bond acceptors (Lipinski definition) is 2. The van der Waals surface area contributed by atoms with E-state index < -0.39 is 0 Å². The monoisotopic (exact) mass is 212 g/mol. The first-order chi connectivity index (χ1) is 7.19. The fraction of sp³-hybridized carbons (Fsp3) is 1.00. The molecule has 0 aliphatic carbocycles. The van der Waals surface area contributed by atoms with E-state index in [-0.39, 0.29) is 0 Å². The highest BCUT2D eigenvalue weighted by atomic mass is 15.2. The molecule has 90 valence electrons. The molecule has 0 amide bonds. The fourth-order valence-corrected chi connectivity index (χ4v) is 2.87. The molecule has 1 heterocycles. The zero-order valence-corrected chi connectivity index (χ0v) is 10.9. The minimum Gasteiger partial charge on any atom is -0.315 e. The molecule has 1 rings (SSSR count). The predicted octanol–water partition coefficient (Wildman–Crippen LogP) is 2.49. The number of nitrogens with zero attached hydrogens (tertiary/aromatic N) is 1. The molecule has 0 saturated carbocycles. The van der Waals surface area contributed by atoms with Gasteiger partial charge in [0.05, 0.1) is 0 Å². The van der Waals surface area contributed by atoms with Gasteiger partial charge in [-0.25, -0.2) is 0 Å². The maximum absolute atomic E-state index is 3.50. The molecule has 0 bridgehead atoms. The predicted molar refractivity (Wildman–Crippen MR) is 67.2 cm³/mol. The standard InChI is InChI=1S/C13H28N2/c1-5-7-13(9-14-6-2)15-10-11(3)8-12(15)4/h11-14H,5-10H2,1-4H3. The number of likely N-dealkylation sites (N-methyl/N-ethyl adjacent to an activating group) is 1. The van der Waals surface area contributed by atoms with E-state index in [0.29, 0.717) is 0 Å². The Bertz CT molecular complexity index is 170. The second-order valence-corrected chi connectivity index (χ2v) is 5.14. The Hall–Kier alpha value is -0.0800. The maximum atomic E-state index is 3.50. The topological polar surface area (TPSA) is 15.3 Å². The molecule has 0 radical (unpaired) electrons. The lowest BCUT2D eigenvalue weighted by Gasteiger charge is -2.31. The molecule has 1 aliphatic heterocycles. The summed E-state index contributed by atoms with van der Waals surface area (Å²) in [4.78, 5) is 2.72. The van der Waals surface area contributed by atoms with Crippen molar-refractivity contribution in [3.8, 4) is 0 Å². The average Bonchev–Trinajstić information content (AvgIpc) is 2.52. The number of rotatable bonds is 6. The van der Waals surface area contributed by atoms with Crippen molar-refractivity contribution >= 4 is 0 Å². The van der Waals surface area contributed by atoms with Gasteiger partial charge in [-0.3, -0.25) is 4.90 Å². The molecule has 3 atom stereocenters. The van der Waals surface area contributed by atoms with Gasteiger partial charge in [0.15, 0.2) is 0 Å². The molecule has 0 spiro atoms. The molecule has 2 nitrogen and oxygen atoms in total. The number of likely N-dealkylation sites (tertiary alicyclic amines) is 1. The summed E-state index contributed by atoms with van der Waals surface area (Å²) in [5.74, 6) is 0.890. The van der Waals surface area contributed by atoms with E-state index >= 15 is 0 Å². The van der Waals surface area contributed by atoms with Crippen LogP contribution in [0.25, 0.3) is 0 Å². The lowest BCUT2D eigenvalue weighted by molar-refractivity contribution is 0.173. The zero-order valence-electron chi connectivity index (χ0n) is 10.9. The Morgan fingerprint density at radius 1 is 1.33 bits per heavy atom. The van der Waals surface area contributed by atoms with Crippen molar-refractivity contribution in [2.75, 3.05) is 19.6 Å². The largest absolute Gasteiger partial charge is 0.315 e. The van der Waals surface area contributed by atoms with E-state index in [1.165, 1.54) is 32.4 Å². The van der Waals surface area contributed by atoms with Gasteiger partial charge in [0.2, 0.25) is 0 Å². The third-order valence-corrected chi connectivity index (χ3v) is 3.55. The second-order valence-electron chi connectivity index (χ2n) is 5.14. The molecule has 0 aromatic heterocycles. The summed E-state index contributed by atoms with van der Waals surface area (Å²) in [7, 11) is 0. The first-order valence-electron chi connectivity index (χ1n) is 6.65. The zero-order chi connectivity index (χ0) is 11.3. The maximum Gasteiger partial charge on any atom is 0.0223 e. The molecule has 0 aromatic rings. The molecule has 2 heteroatoms. The van der Waals surface area contributed by atoms with Gasteiger partial charge in [-0.05, 0) is 32.2 Å². The van der Waals surface area contributed by atoms with Crippen LogP contribution >= 0.6 is 0 Å². The van der Waals surface area contributed by atoms with Crippen LogP contribution in [0, 0.1) is 5.92 Å². The summed E-state index contributed by atoms with van der Waals surface area (Å²) >= 11 is 0. The van der Waals surface area contributed by atoms with Crippen LogP contribution in [0.4, 0.5) is 0 Å². The van der Waals surface area contributed by atoms with Gasteiger partial charge < -0.3 is 5.32 Å². The van der Waals surface area contributed by atoms with Gasteiger partial charge in [0.25, 0.3) is 0 Å². The smallest absolute Gasteiger partial charge is 0.0223 e. The molecule has 1 aliphatic rings. The lowest BCUT2D eigenvalue weighted by Crippen LogP contribution is -2.44. The quantitative estimate of drug-likeness (QED) is 0.728. The van der Waals surface area contributed by atoms with Crippen molar-refractivity contribution in [1.82, 2.24) is 10.2 Å². The van der Waals surface area contributed by atoms with E-state index in [1.54, 1.807) is 0 Å². The van der Waals surface area contributed by atoms with Gasteiger partial charge in [-0.1, -0.05) is 27.2 Å². The normalized spacial score (nSPS) is 29.6. The first kappa shape index (κ1) is 13.0. The van der Waals surface area contributed by atoms with Gasteiger partial charge >= 0.3 is 0 Å². The minimum atomic E-state index is 0.759. The van der Waals surface area contributed by atoms with E-state index in [2.05, 4.69) is 37.9 Å². The van der Waals surface area contributed by atoms with E-state index in [1.807, 2.05) is 0 Å². The van der Waals surface area contributed by atoms with Crippen LogP contribution in [0.1, 0.15) is 47.0 Å². The van der Waals surface area contributed by atoms with E-state index in [0.717, 1.165) is 24.5 Å². The van der Waals surface area contributed by atoms with Gasteiger partial charge in [-0.15, -0.1) is 0 Å². The summed E-state index contributed by atoms with van der Waals surface area (Å²) in [6.45, 7) is 12.8. The average molecular weight is 212 g/mol. The highest BCUT2D eigenvalue weighted by Crippen LogP contribution is 2.25. The van der Waals surface area contributed by atoms with Crippen molar-refractivity contribution in [2.45, 2.75) is 59.0 Å². The Morgan fingerprint density at radius 2 is 2.07 bits per heavy atom. The molecule has 15 heavy (non-hydrogen) atoms. The Kier molecular flexibility index (Phi) is 5.62. The summed E-state index contributed by atoms with van der Waals surface area (Å²) < 4.78 is 0. The molecular formula is C13H28N2. The summed E-state index contributed by atoms with van der Waals surface area (Å²) in [6.07, 6.45) is 4.02. The lowest BCUT2D eigenvalue weighted by atomic mass is 10.1. The van der Waals surface area contributed by atoms with Crippen LogP contribution in [0.15, 0.2) is 0 Å². The Labute approximate surface area is 95.4 Å². The van der Waals surface area contributed by atoms with Crippen molar-refractivity contribution in [3.05, 3.63) is 0 Å². The molecule has 1 saturated heterocycles. The van der Waals surface area contributed by atoms with Crippen molar-refractivity contribution in [1.29, 1.82) is 0 Å². The first-order valence-corrected chi connectivity index (χ1v) is 6.65. The highest BCUT2D eigenvalue weighted by molar-refractivity contribution is 4.86. The van der Waals surface area contributed by atoms with Crippen LogP contribution in [0.5, 0.6) is 0 Å². The molecular weight excluding hydrogens is 184 g/mol. The van der Waals surface area contributed by atoms with Crippen molar-refractivity contribution in [2.24, 2.45) is 5.92 Å². The van der Waals surface area contributed by atoms with E-state index in [9.17, 15) is 0 Å². The number of hydrogen-bond donors (Lipinski definition) is 1. The molecule has 1 fully saturated rings. The van der Waals surface area contributed by atoms with E-state index in [4.69, 9.17) is 0 Å². The minimum absolute atomic E-state index is 0.759. The molecule has 3 unspecified atom stereocenters. The third kappa shape index (κ3) is 3.76. The van der Waals surface area contributed by atoms with Gasteiger partial charge in [0.1, 0.15) is 0 Å². The van der Waals surface area contributed by atoms with Crippen LogP contribution in [-0.4, -0.2) is 36.6 Å². The number of nitrogens with one attached hydrogen (secondary N) is 1. The molecule has 1 N–H and O–H groups in total. The highest BCUT2D eigenvalue weighted by Gasteiger charge is 2.30. The van der Waals surface area contributed by atoms with Crippen LogP contribution < -0.4 is 5.32 Å². The second kappa shape index (κ2) is 6.49. The van der Waals surface area contributed by atoms with Crippen molar-refractivity contribution < 1.29 is 0 Å². The third-order valence-electron chi connectivity index (χ3n) is 3.55.